The molecule has 0 saturated carbocycles. The molecule has 1 N–H and O–H groups in total. The molecule has 0 spiro atoms. The first-order chi connectivity index (χ1) is 6.77. The molecule has 1 atom stereocenters. The van der Waals surface area contributed by atoms with Crippen molar-refractivity contribution in [3.8, 4) is 0 Å². The van der Waals surface area contributed by atoms with E-state index >= 15 is 0 Å². The standard InChI is InChI=1S/C11H11NOS/c1-8-6-9(7-14-8)11(13)10-4-2-3-5-12-10/h2-7,11,13H,1H3. The van der Waals surface area contributed by atoms with Crippen LogP contribution < -0.4 is 0 Å². The van der Waals surface area contributed by atoms with Gasteiger partial charge in [-0.05, 0) is 36.1 Å². The highest BCUT2D eigenvalue weighted by atomic mass is 32.1. The summed E-state index contributed by atoms with van der Waals surface area (Å²) in [7, 11) is 0. The zero-order valence-corrected chi connectivity index (χ0v) is 8.66. The molecule has 2 heterocycles. The number of rotatable bonds is 2. The predicted molar refractivity (Wildman–Crippen MR) is 57.4 cm³/mol. The van der Waals surface area contributed by atoms with Crippen LogP contribution in [0.2, 0.25) is 0 Å². The first kappa shape index (κ1) is 9.37. The van der Waals surface area contributed by atoms with E-state index in [0.717, 1.165) is 5.56 Å². The van der Waals surface area contributed by atoms with E-state index < -0.39 is 6.10 Å². The third-order valence-corrected chi connectivity index (χ3v) is 2.91. The lowest BCUT2D eigenvalue weighted by Gasteiger charge is -2.06. The van der Waals surface area contributed by atoms with Gasteiger partial charge in [-0.2, -0.15) is 0 Å². The van der Waals surface area contributed by atoms with Gasteiger partial charge < -0.3 is 5.11 Å². The molecule has 2 aromatic rings. The molecule has 72 valence electrons. The van der Waals surface area contributed by atoms with E-state index in [-0.39, 0.29) is 0 Å². The van der Waals surface area contributed by atoms with Gasteiger partial charge in [-0.3, -0.25) is 4.98 Å². The molecule has 0 bridgehead atoms. The van der Waals surface area contributed by atoms with E-state index in [2.05, 4.69) is 4.98 Å². The maximum atomic E-state index is 9.95. The average Bonchev–Trinajstić information content (AvgIpc) is 2.65. The minimum atomic E-state index is -0.596. The molecule has 1 unspecified atom stereocenters. The molecule has 0 aliphatic rings. The number of aromatic nitrogens is 1. The van der Waals surface area contributed by atoms with E-state index in [0.29, 0.717) is 5.69 Å². The van der Waals surface area contributed by atoms with Gasteiger partial charge in [0.2, 0.25) is 0 Å². The highest BCUT2D eigenvalue weighted by molar-refractivity contribution is 7.10. The third kappa shape index (κ3) is 1.84. The Bertz CT molecular complexity index is 410. The summed E-state index contributed by atoms with van der Waals surface area (Å²) < 4.78 is 0. The van der Waals surface area contributed by atoms with Crippen LogP contribution in [0.5, 0.6) is 0 Å². The van der Waals surface area contributed by atoms with Crippen LogP contribution in [0.3, 0.4) is 0 Å². The molecule has 2 rings (SSSR count). The van der Waals surface area contributed by atoms with Crippen LogP contribution in [0.25, 0.3) is 0 Å². The largest absolute Gasteiger partial charge is 0.382 e. The van der Waals surface area contributed by atoms with Gasteiger partial charge in [0.1, 0.15) is 6.10 Å². The Labute approximate surface area is 86.9 Å². The molecule has 0 aromatic carbocycles. The van der Waals surface area contributed by atoms with Crippen LogP contribution in [0, 0.1) is 6.92 Å². The summed E-state index contributed by atoms with van der Waals surface area (Å²) in [6, 6.07) is 7.54. The zero-order chi connectivity index (χ0) is 9.97. The maximum Gasteiger partial charge on any atom is 0.122 e. The topological polar surface area (TPSA) is 33.1 Å². The molecule has 14 heavy (non-hydrogen) atoms. The molecule has 0 amide bonds. The van der Waals surface area contributed by atoms with Crippen molar-refractivity contribution < 1.29 is 5.11 Å². The normalized spacial score (nSPS) is 12.7. The third-order valence-electron chi connectivity index (χ3n) is 2.03. The Balaban J connectivity index is 2.29. The number of pyridine rings is 1. The number of hydrogen-bond acceptors (Lipinski definition) is 3. The second kappa shape index (κ2) is 3.90. The van der Waals surface area contributed by atoms with Crippen LogP contribution in [0.15, 0.2) is 35.8 Å². The van der Waals surface area contributed by atoms with Crippen LogP contribution in [0.1, 0.15) is 22.2 Å². The lowest BCUT2D eigenvalue weighted by Crippen LogP contribution is -1.99. The molecule has 0 aliphatic carbocycles. The Morgan fingerprint density at radius 3 is 2.86 bits per heavy atom. The highest BCUT2D eigenvalue weighted by Gasteiger charge is 2.11. The van der Waals surface area contributed by atoms with E-state index in [4.69, 9.17) is 0 Å². The monoisotopic (exact) mass is 205 g/mol. The Hall–Kier alpha value is -1.19. The lowest BCUT2D eigenvalue weighted by atomic mass is 10.1. The van der Waals surface area contributed by atoms with E-state index in [1.807, 2.05) is 36.6 Å². The summed E-state index contributed by atoms with van der Waals surface area (Å²) in [5, 5.41) is 11.9. The van der Waals surface area contributed by atoms with Gasteiger partial charge in [0.05, 0.1) is 5.69 Å². The number of nitrogens with zero attached hydrogens (tertiary/aromatic N) is 1. The van der Waals surface area contributed by atoms with Gasteiger partial charge in [-0.25, -0.2) is 0 Å². The SMILES string of the molecule is Cc1cc(C(O)c2ccccn2)cs1. The molecule has 2 aromatic heterocycles. The van der Waals surface area contributed by atoms with E-state index in [1.54, 1.807) is 17.5 Å². The molecule has 0 radical (unpaired) electrons. The quantitative estimate of drug-likeness (QED) is 0.817. The Kier molecular flexibility index (Phi) is 2.61. The first-order valence-electron chi connectivity index (χ1n) is 4.41. The molecule has 0 aliphatic heterocycles. The maximum absolute atomic E-state index is 9.95. The number of hydrogen-bond donors (Lipinski definition) is 1. The average molecular weight is 205 g/mol. The fourth-order valence-corrected chi connectivity index (χ4v) is 2.04. The molecule has 0 fully saturated rings. The number of thiophene rings is 1. The van der Waals surface area contributed by atoms with Gasteiger partial charge >= 0.3 is 0 Å². The van der Waals surface area contributed by atoms with Crippen LogP contribution in [-0.2, 0) is 0 Å². The van der Waals surface area contributed by atoms with Crippen molar-refractivity contribution in [1.82, 2.24) is 4.98 Å². The minimum Gasteiger partial charge on any atom is -0.382 e. The van der Waals surface area contributed by atoms with Crippen molar-refractivity contribution in [2.75, 3.05) is 0 Å². The van der Waals surface area contributed by atoms with Gasteiger partial charge in [0.25, 0.3) is 0 Å². The predicted octanol–water partition coefficient (Wildman–Crippen LogP) is 2.53. The lowest BCUT2D eigenvalue weighted by molar-refractivity contribution is 0.216. The smallest absolute Gasteiger partial charge is 0.122 e. The van der Waals surface area contributed by atoms with Crippen LogP contribution in [0.4, 0.5) is 0 Å². The van der Waals surface area contributed by atoms with Gasteiger partial charge in [0, 0.05) is 11.1 Å². The summed E-state index contributed by atoms with van der Waals surface area (Å²) in [5.74, 6) is 0. The van der Waals surface area contributed by atoms with Crippen LogP contribution >= 0.6 is 11.3 Å². The Morgan fingerprint density at radius 2 is 2.29 bits per heavy atom. The summed E-state index contributed by atoms with van der Waals surface area (Å²) >= 11 is 1.64. The molecular formula is C11H11NOS. The summed E-state index contributed by atoms with van der Waals surface area (Å²) in [6.45, 7) is 2.03. The molecule has 2 nitrogen and oxygen atoms in total. The molecule has 3 heteroatoms. The van der Waals surface area contributed by atoms with Gasteiger partial charge in [0.15, 0.2) is 0 Å². The summed E-state index contributed by atoms with van der Waals surface area (Å²) in [6.07, 6.45) is 1.10. The van der Waals surface area contributed by atoms with E-state index in [1.165, 1.54) is 4.88 Å². The molecular weight excluding hydrogens is 194 g/mol. The van der Waals surface area contributed by atoms with Crippen molar-refractivity contribution >= 4 is 11.3 Å². The number of aliphatic hydroxyl groups excluding tert-OH is 1. The van der Waals surface area contributed by atoms with Crippen molar-refractivity contribution in [2.45, 2.75) is 13.0 Å². The van der Waals surface area contributed by atoms with Crippen molar-refractivity contribution in [1.29, 1.82) is 0 Å². The first-order valence-corrected chi connectivity index (χ1v) is 5.29. The fraction of sp³-hybridized carbons (Fsp3) is 0.182. The highest BCUT2D eigenvalue weighted by Crippen LogP contribution is 2.24. The Morgan fingerprint density at radius 1 is 1.43 bits per heavy atom. The second-order valence-corrected chi connectivity index (χ2v) is 4.26. The van der Waals surface area contributed by atoms with Crippen molar-refractivity contribution in [3.63, 3.8) is 0 Å². The minimum absolute atomic E-state index is 0.596. The van der Waals surface area contributed by atoms with E-state index in [9.17, 15) is 5.11 Å². The fourth-order valence-electron chi connectivity index (χ4n) is 1.32. The van der Waals surface area contributed by atoms with Crippen molar-refractivity contribution in [3.05, 3.63) is 52.0 Å². The van der Waals surface area contributed by atoms with Crippen LogP contribution in [-0.4, -0.2) is 10.1 Å². The molecule has 0 saturated heterocycles. The number of aliphatic hydroxyl groups is 1. The van der Waals surface area contributed by atoms with Gasteiger partial charge in [-0.1, -0.05) is 6.07 Å². The summed E-state index contributed by atoms with van der Waals surface area (Å²) in [4.78, 5) is 5.32. The summed E-state index contributed by atoms with van der Waals surface area (Å²) in [5.41, 5.74) is 1.62. The van der Waals surface area contributed by atoms with Gasteiger partial charge in [-0.15, -0.1) is 11.3 Å². The zero-order valence-electron chi connectivity index (χ0n) is 7.84. The van der Waals surface area contributed by atoms with Crippen molar-refractivity contribution in [2.24, 2.45) is 0 Å². The number of aryl methyl sites for hydroxylation is 1. The second-order valence-electron chi connectivity index (χ2n) is 3.15.